The quantitative estimate of drug-likeness (QED) is 0.541. The lowest BCUT2D eigenvalue weighted by Gasteiger charge is -2.23. The molecule has 0 unspecified atom stereocenters. The Morgan fingerprint density at radius 1 is 1.18 bits per heavy atom. The molecule has 0 aliphatic carbocycles. The van der Waals surface area contributed by atoms with Crippen molar-refractivity contribution >= 4 is 23.6 Å². The summed E-state index contributed by atoms with van der Waals surface area (Å²) in [6.45, 7) is 6.15. The van der Waals surface area contributed by atoms with Gasteiger partial charge in [0.1, 0.15) is 6.54 Å². The number of benzene rings is 2. The molecule has 0 radical (unpaired) electrons. The average molecular weight is 396 g/mol. The van der Waals surface area contributed by atoms with Gasteiger partial charge in [-0.2, -0.15) is 4.98 Å². The molecule has 0 saturated carbocycles. The van der Waals surface area contributed by atoms with Crippen LogP contribution >= 0.6 is 11.6 Å². The first-order chi connectivity index (χ1) is 13.4. The minimum atomic E-state index is -0.148. The van der Waals surface area contributed by atoms with Crippen LogP contribution in [0.3, 0.4) is 0 Å². The van der Waals surface area contributed by atoms with Crippen LogP contribution < -0.4 is 0 Å². The lowest BCUT2D eigenvalue weighted by molar-refractivity contribution is -0.128. The molecule has 0 fully saturated rings. The van der Waals surface area contributed by atoms with Gasteiger partial charge in [-0.1, -0.05) is 64.8 Å². The van der Waals surface area contributed by atoms with E-state index in [0.29, 0.717) is 16.7 Å². The van der Waals surface area contributed by atoms with Crippen molar-refractivity contribution in [2.45, 2.75) is 33.4 Å². The first kappa shape index (κ1) is 19.8. The Kier molecular flexibility index (Phi) is 6.26. The molecule has 1 amide bonds. The molecule has 1 heterocycles. The van der Waals surface area contributed by atoms with Gasteiger partial charge in [-0.05, 0) is 38.5 Å². The average Bonchev–Trinajstić information content (AvgIpc) is 3.14. The van der Waals surface area contributed by atoms with E-state index in [0.717, 1.165) is 16.7 Å². The summed E-state index contributed by atoms with van der Waals surface area (Å²) in [5.74, 6) is 0.756. The summed E-state index contributed by atoms with van der Waals surface area (Å²) in [6.07, 6.45) is 3.23. The van der Waals surface area contributed by atoms with Gasteiger partial charge >= 0.3 is 0 Å². The molecule has 1 aromatic heterocycles. The highest BCUT2D eigenvalue weighted by molar-refractivity contribution is 6.32. The minimum absolute atomic E-state index is 0.0295. The van der Waals surface area contributed by atoms with Gasteiger partial charge in [0, 0.05) is 22.7 Å². The standard InChI is InChI=1S/C22H22ClN3O2/c1-15(2)26(21(27)13-12-17-6-4-5-7-19(17)23)14-20-24-22(25-28-20)18-10-8-16(3)9-11-18/h4-13,15H,14H2,1-3H3/b13-12+. The monoisotopic (exact) mass is 395 g/mol. The van der Waals surface area contributed by atoms with E-state index < -0.39 is 0 Å². The Hall–Kier alpha value is -2.92. The number of aromatic nitrogens is 2. The number of nitrogens with zero attached hydrogens (tertiary/aromatic N) is 3. The molecule has 3 rings (SSSR count). The van der Waals surface area contributed by atoms with Crippen molar-refractivity contribution < 1.29 is 9.32 Å². The summed E-state index contributed by atoms with van der Waals surface area (Å²) < 4.78 is 5.36. The SMILES string of the molecule is Cc1ccc(-c2noc(CN(C(=O)/C=C/c3ccccc3Cl)C(C)C)n2)cc1. The van der Waals surface area contributed by atoms with Gasteiger partial charge in [-0.3, -0.25) is 4.79 Å². The fraction of sp³-hybridized carbons (Fsp3) is 0.227. The molecular formula is C22H22ClN3O2. The van der Waals surface area contributed by atoms with E-state index in [2.05, 4.69) is 10.1 Å². The van der Waals surface area contributed by atoms with Crippen molar-refractivity contribution in [1.82, 2.24) is 15.0 Å². The Bertz CT molecular complexity index is 977. The summed E-state index contributed by atoms with van der Waals surface area (Å²) in [4.78, 5) is 18.8. The number of amides is 1. The zero-order valence-electron chi connectivity index (χ0n) is 16.1. The molecule has 2 aromatic carbocycles. The molecule has 6 heteroatoms. The molecule has 0 N–H and O–H groups in total. The van der Waals surface area contributed by atoms with Crippen molar-refractivity contribution in [3.63, 3.8) is 0 Å². The number of hydrogen-bond donors (Lipinski definition) is 0. The number of hydrogen-bond acceptors (Lipinski definition) is 4. The largest absolute Gasteiger partial charge is 0.337 e. The van der Waals surface area contributed by atoms with Gasteiger partial charge in [0.05, 0.1) is 0 Å². The highest BCUT2D eigenvalue weighted by atomic mass is 35.5. The molecular weight excluding hydrogens is 374 g/mol. The van der Waals surface area contributed by atoms with Crippen LogP contribution in [0.15, 0.2) is 59.1 Å². The van der Waals surface area contributed by atoms with Crippen LogP contribution in [0, 0.1) is 6.92 Å². The van der Waals surface area contributed by atoms with Crippen LogP contribution in [0.25, 0.3) is 17.5 Å². The van der Waals surface area contributed by atoms with Crippen molar-refractivity contribution in [3.8, 4) is 11.4 Å². The van der Waals surface area contributed by atoms with Crippen LogP contribution in [0.4, 0.5) is 0 Å². The number of carbonyl (C=O) groups is 1. The summed E-state index contributed by atoms with van der Waals surface area (Å²) >= 11 is 6.14. The van der Waals surface area contributed by atoms with Gasteiger partial charge in [0.15, 0.2) is 0 Å². The van der Waals surface area contributed by atoms with Crippen LogP contribution in [-0.2, 0) is 11.3 Å². The smallest absolute Gasteiger partial charge is 0.247 e. The maximum Gasteiger partial charge on any atom is 0.247 e. The Labute approximate surface area is 169 Å². The summed E-state index contributed by atoms with van der Waals surface area (Å²) in [6, 6.07) is 15.2. The van der Waals surface area contributed by atoms with E-state index >= 15 is 0 Å². The van der Waals surface area contributed by atoms with Crippen molar-refractivity contribution in [2.75, 3.05) is 0 Å². The predicted octanol–water partition coefficient (Wildman–Crippen LogP) is 5.15. The van der Waals surface area contributed by atoms with Gasteiger partial charge in [0.25, 0.3) is 0 Å². The third-order valence-corrected chi connectivity index (χ3v) is 4.64. The van der Waals surface area contributed by atoms with E-state index in [1.54, 1.807) is 17.0 Å². The first-order valence-corrected chi connectivity index (χ1v) is 9.44. The predicted molar refractivity (Wildman–Crippen MR) is 111 cm³/mol. The molecule has 0 saturated heterocycles. The first-order valence-electron chi connectivity index (χ1n) is 9.07. The van der Waals surface area contributed by atoms with Crippen LogP contribution in [-0.4, -0.2) is 27.0 Å². The fourth-order valence-corrected chi connectivity index (χ4v) is 2.87. The van der Waals surface area contributed by atoms with Gasteiger partial charge in [0.2, 0.25) is 17.6 Å². The molecule has 28 heavy (non-hydrogen) atoms. The third-order valence-electron chi connectivity index (χ3n) is 4.30. The van der Waals surface area contributed by atoms with E-state index in [4.69, 9.17) is 16.1 Å². The number of rotatable bonds is 6. The zero-order valence-corrected chi connectivity index (χ0v) is 16.8. The lowest BCUT2D eigenvalue weighted by Crippen LogP contribution is -2.35. The number of aryl methyl sites for hydroxylation is 1. The van der Waals surface area contributed by atoms with Crippen molar-refractivity contribution in [3.05, 3.63) is 76.6 Å². The second-order valence-electron chi connectivity index (χ2n) is 6.79. The van der Waals surface area contributed by atoms with Gasteiger partial charge in [-0.15, -0.1) is 0 Å². The topological polar surface area (TPSA) is 59.2 Å². The molecule has 144 valence electrons. The van der Waals surface area contributed by atoms with Crippen molar-refractivity contribution in [2.24, 2.45) is 0 Å². The van der Waals surface area contributed by atoms with Gasteiger partial charge < -0.3 is 9.42 Å². The van der Waals surface area contributed by atoms with E-state index in [1.165, 1.54) is 6.08 Å². The second kappa shape index (κ2) is 8.85. The number of halogens is 1. The fourth-order valence-electron chi connectivity index (χ4n) is 2.67. The number of carbonyl (C=O) groups excluding carboxylic acids is 1. The van der Waals surface area contributed by atoms with E-state index in [9.17, 15) is 4.79 Å². The van der Waals surface area contributed by atoms with Crippen LogP contribution in [0.2, 0.25) is 5.02 Å². The van der Waals surface area contributed by atoms with Crippen LogP contribution in [0.5, 0.6) is 0 Å². The highest BCUT2D eigenvalue weighted by Gasteiger charge is 2.19. The zero-order chi connectivity index (χ0) is 20.1. The molecule has 5 nitrogen and oxygen atoms in total. The lowest BCUT2D eigenvalue weighted by atomic mass is 10.1. The Morgan fingerprint density at radius 2 is 1.89 bits per heavy atom. The summed E-state index contributed by atoms with van der Waals surface area (Å²) in [7, 11) is 0. The molecule has 0 spiro atoms. The third kappa shape index (κ3) is 4.87. The minimum Gasteiger partial charge on any atom is -0.337 e. The molecule has 0 aliphatic heterocycles. The molecule has 0 bridgehead atoms. The molecule has 0 aliphatic rings. The Morgan fingerprint density at radius 3 is 2.57 bits per heavy atom. The van der Waals surface area contributed by atoms with E-state index in [-0.39, 0.29) is 18.5 Å². The highest BCUT2D eigenvalue weighted by Crippen LogP contribution is 2.19. The van der Waals surface area contributed by atoms with Gasteiger partial charge in [-0.25, -0.2) is 0 Å². The molecule has 3 aromatic rings. The summed E-state index contributed by atoms with van der Waals surface area (Å²) in [5, 5.41) is 4.63. The van der Waals surface area contributed by atoms with E-state index in [1.807, 2.05) is 63.2 Å². The molecule has 0 atom stereocenters. The second-order valence-corrected chi connectivity index (χ2v) is 7.20. The van der Waals surface area contributed by atoms with Crippen molar-refractivity contribution in [1.29, 1.82) is 0 Å². The Balaban J connectivity index is 1.73. The normalized spacial score (nSPS) is 11.3. The maximum absolute atomic E-state index is 12.7. The van der Waals surface area contributed by atoms with Crippen LogP contribution in [0.1, 0.15) is 30.9 Å². The summed E-state index contributed by atoms with van der Waals surface area (Å²) in [5.41, 5.74) is 2.83. The maximum atomic E-state index is 12.7.